The van der Waals surface area contributed by atoms with Crippen molar-refractivity contribution in [3.63, 3.8) is 0 Å². The maximum absolute atomic E-state index is 12.7. The molecule has 2 aliphatic heterocycles. The number of hydrogen-bond acceptors (Lipinski definition) is 9. The Morgan fingerprint density at radius 1 is 1.31 bits per heavy atom. The second-order valence-corrected chi connectivity index (χ2v) is 6.38. The van der Waals surface area contributed by atoms with Gasteiger partial charge in [0, 0.05) is 20.1 Å². The van der Waals surface area contributed by atoms with E-state index in [0.717, 1.165) is 19.3 Å². The van der Waals surface area contributed by atoms with Crippen molar-refractivity contribution in [3.8, 4) is 0 Å². The van der Waals surface area contributed by atoms with Crippen molar-refractivity contribution in [1.82, 2.24) is 15.2 Å². The lowest BCUT2D eigenvalue weighted by molar-refractivity contribution is -0.150. The lowest BCUT2D eigenvalue weighted by Crippen LogP contribution is -2.53. The van der Waals surface area contributed by atoms with Crippen molar-refractivity contribution < 1.29 is 24.9 Å². The highest BCUT2D eigenvalue weighted by atomic mass is 16.6. The summed E-state index contributed by atoms with van der Waals surface area (Å²) in [4.78, 5) is 14.5. The third-order valence-electron chi connectivity index (χ3n) is 4.69. The summed E-state index contributed by atoms with van der Waals surface area (Å²) in [6.07, 6.45) is -2.28. The largest absolute Gasteiger partial charge is 0.394 e. The van der Waals surface area contributed by atoms with Gasteiger partial charge in [-0.05, 0) is 19.3 Å². The fraction of sp³-hybridized carbons (Fsp3) is 0.733. The van der Waals surface area contributed by atoms with Gasteiger partial charge in [0.05, 0.1) is 6.61 Å². The zero-order valence-electron chi connectivity index (χ0n) is 14.8. The molecule has 0 spiro atoms. The summed E-state index contributed by atoms with van der Waals surface area (Å²) in [5.41, 5.74) is 5.83. The van der Waals surface area contributed by atoms with E-state index in [1.807, 2.05) is 0 Å². The fourth-order valence-corrected chi connectivity index (χ4v) is 3.12. The van der Waals surface area contributed by atoms with Crippen LogP contribution in [0, 0.1) is 5.41 Å². The zero-order chi connectivity index (χ0) is 19.4. The van der Waals surface area contributed by atoms with E-state index in [-0.39, 0.29) is 17.2 Å². The number of nitrogens with two attached hydrogens (primary N) is 2. The normalized spacial score (nSPS) is 30.0. The number of ether oxygens (including phenoxy) is 1. The number of nitrogens with zero attached hydrogens (tertiary/aromatic N) is 2. The first kappa shape index (κ1) is 20.4. The van der Waals surface area contributed by atoms with Crippen LogP contribution in [-0.2, 0) is 9.53 Å². The number of amides is 1. The molecule has 4 atom stereocenters. The van der Waals surface area contributed by atoms with Crippen LogP contribution in [0.2, 0.25) is 0 Å². The number of hydrogen-bond donors (Lipinski definition) is 7. The maximum atomic E-state index is 12.7. The highest BCUT2D eigenvalue weighted by molar-refractivity contribution is 6.04. The molecule has 0 aromatic heterocycles. The second-order valence-electron chi connectivity index (χ2n) is 6.38. The molecule has 4 unspecified atom stereocenters. The molecule has 0 aromatic carbocycles. The standard InChI is InChI=1S/C15H28N6O5/c1-19-10(9(16)13(17)20-5-3-2-4-6-20)14(25)21(18)15-12(24)11(23)8(7-22)26-15/h8,11-12,15,17,19,22-24H,2-7,16,18H2,1H3/b10-9+,17-13?. The summed E-state index contributed by atoms with van der Waals surface area (Å²) in [5.74, 6) is 5.00. The van der Waals surface area contributed by atoms with Crippen molar-refractivity contribution in [2.75, 3.05) is 26.7 Å². The van der Waals surface area contributed by atoms with Gasteiger partial charge in [-0.2, -0.15) is 0 Å². The molecule has 9 N–H and O–H groups in total. The topological polar surface area (TPSA) is 181 Å². The SMILES string of the molecule is CN/C(C(=O)N(N)C1OC(CO)C(O)C1O)=C(/N)C(=N)N1CCCCC1. The Labute approximate surface area is 151 Å². The van der Waals surface area contributed by atoms with Crippen molar-refractivity contribution in [1.29, 1.82) is 5.41 Å². The van der Waals surface area contributed by atoms with Crippen LogP contribution in [0.15, 0.2) is 11.4 Å². The number of amidine groups is 1. The number of nitrogens with one attached hydrogen (secondary N) is 2. The molecule has 0 bridgehead atoms. The lowest BCUT2D eigenvalue weighted by Gasteiger charge is -2.31. The number of piperidine rings is 1. The van der Waals surface area contributed by atoms with Crippen molar-refractivity contribution in [2.45, 2.75) is 43.8 Å². The van der Waals surface area contributed by atoms with Crippen LogP contribution >= 0.6 is 0 Å². The van der Waals surface area contributed by atoms with E-state index < -0.39 is 37.1 Å². The molecule has 0 aliphatic carbocycles. The number of aliphatic hydroxyl groups excluding tert-OH is 3. The van der Waals surface area contributed by atoms with Crippen molar-refractivity contribution >= 4 is 11.7 Å². The van der Waals surface area contributed by atoms with Gasteiger partial charge in [-0.25, -0.2) is 10.9 Å². The Bertz CT molecular complexity index is 565. The average molecular weight is 372 g/mol. The molecule has 2 aliphatic rings. The van der Waals surface area contributed by atoms with Gasteiger partial charge in [0.25, 0.3) is 5.91 Å². The minimum absolute atomic E-state index is 0.0250. The Balaban J connectivity index is 2.17. The van der Waals surface area contributed by atoms with Gasteiger partial charge in [-0.1, -0.05) is 0 Å². The number of likely N-dealkylation sites (tertiary alicyclic amines) is 1. The molecule has 1 amide bonds. The lowest BCUT2D eigenvalue weighted by atomic mass is 10.1. The van der Waals surface area contributed by atoms with Gasteiger partial charge >= 0.3 is 0 Å². The quantitative estimate of drug-likeness (QED) is 0.0659. The van der Waals surface area contributed by atoms with Crippen LogP contribution in [0.3, 0.4) is 0 Å². The first-order valence-electron chi connectivity index (χ1n) is 8.55. The molecule has 0 saturated carbocycles. The van der Waals surface area contributed by atoms with Crippen LogP contribution in [0.25, 0.3) is 0 Å². The zero-order valence-corrected chi connectivity index (χ0v) is 14.8. The van der Waals surface area contributed by atoms with Crippen LogP contribution < -0.4 is 16.9 Å². The van der Waals surface area contributed by atoms with Crippen LogP contribution in [0.1, 0.15) is 19.3 Å². The predicted molar refractivity (Wildman–Crippen MR) is 92.2 cm³/mol. The van der Waals surface area contributed by atoms with E-state index in [4.69, 9.17) is 26.8 Å². The summed E-state index contributed by atoms with van der Waals surface area (Å²) < 4.78 is 5.24. The first-order chi connectivity index (χ1) is 12.3. The number of likely N-dealkylation sites (N-methyl/N-ethyl adjacent to an activating group) is 1. The third kappa shape index (κ3) is 3.91. The summed E-state index contributed by atoms with van der Waals surface area (Å²) in [5, 5.41) is 40.4. The summed E-state index contributed by atoms with van der Waals surface area (Å²) in [7, 11) is 1.47. The minimum Gasteiger partial charge on any atom is -0.394 e. The molecule has 11 heteroatoms. The predicted octanol–water partition coefficient (Wildman–Crippen LogP) is -3.02. The molecule has 0 radical (unpaired) electrons. The smallest absolute Gasteiger partial charge is 0.288 e. The van der Waals surface area contributed by atoms with Crippen molar-refractivity contribution in [2.24, 2.45) is 11.6 Å². The monoisotopic (exact) mass is 372 g/mol. The summed E-state index contributed by atoms with van der Waals surface area (Å²) >= 11 is 0. The second kappa shape index (κ2) is 8.64. The Hall–Kier alpha value is -1.92. The first-order valence-corrected chi connectivity index (χ1v) is 8.55. The molecule has 2 rings (SSSR count). The highest BCUT2D eigenvalue weighted by Crippen LogP contribution is 2.23. The van der Waals surface area contributed by atoms with Crippen LogP contribution in [0.5, 0.6) is 0 Å². The third-order valence-corrected chi connectivity index (χ3v) is 4.69. The Kier molecular flexibility index (Phi) is 6.78. The Morgan fingerprint density at radius 2 is 1.92 bits per heavy atom. The van der Waals surface area contributed by atoms with E-state index in [9.17, 15) is 15.0 Å². The molecule has 26 heavy (non-hydrogen) atoms. The van der Waals surface area contributed by atoms with Gasteiger partial charge in [0.1, 0.15) is 35.5 Å². The number of hydrazine groups is 1. The number of aliphatic hydroxyl groups is 3. The average Bonchev–Trinajstić information content (AvgIpc) is 2.96. The highest BCUT2D eigenvalue weighted by Gasteiger charge is 2.46. The maximum Gasteiger partial charge on any atom is 0.288 e. The fourth-order valence-electron chi connectivity index (χ4n) is 3.12. The Morgan fingerprint density at radius 3 is 2.42 bits per heavy atom. The van der Waals surface area contributed by atoms with Gasteiger partial charge < -0.3 is 36.0 Å². The van der Waals surface area contributed by atoms with Gasteiger partial charge in [-0.3, -0.25) is 10.2 Å². The molecule has 148 valence electrons. The van der Waals surface area contributed by atoms with Crippen molar-refractivity contribution in [3.05, 3.63) is 11.4 Å². The van der Waals surface area contributed by atoms with E-state index >= 15 is 0 Å². The minimum atomic E-state index is -1.48. The number of carbonyl (C=O) groups is 1. The van der Waals surface area contributed by atoms with Crippen LogP contribution in [0.4, 0.5) is 0 Å². The molecule has 2 heterocycles. The number of carbonyl (C=O) groups excluding carboxylic acids is 1. The van der Waals surface area contributed by atoms with E-state index in [1.165, 1.54) is 7.05 Å². The van der Waals surface area contributed by atoms with E-state index in [0.29, 0.717) is 18.1 Å². The van der Waals surface area contributed by atoms with E-state index in [2.05, 4.69) is 5.32 Å². The van der Waals surface area contributed by atoms with Gasteiger partial charge in [0.2, 0.25) is 0 Å². The molecular weight excluding hydrogens is 344 g/mol. The molecule has 0 aromatic rings. The molecular formula is C15H28N6O5. The molecule has 2 fully saturated rings. The summed E-state index contributed by atoms with van der Waals surface area (Å²) in [6, 6.07) is 0. The van der Waals surface area contributed by atoms with E-state index in [1.54, 1.807) is 4.90 Å². The van der Waals surface area contributed by atoms with Gasteiger partial charge in [-0.15, -0.1) is 0 Å². The molecule has 2 saturated heterocycles. The number of rotatable bonds is 5. The summed E-state index contributed by atoms with van der Waals surface area (Å²) in [6.45, 7) is 0.838. The van der Waals surface area contributed by atoms with Gasteiger partial charge in [0.15, 0.2) is 6.23 Å². The molecule has 11 nitrogen and oxygen atoms in total. The van der Waals surface area contributed by atoms with Crippen LogP contribution in [-0.4, -0.2) is 88.3 Å².